The second kappa shape index (κ2) is 11.5. The maximum atomic E-state index is 13.3. The minimum Gasteiger partial charge on any atom is -0.272 e. The van der Waals surface area contributed by atoms with Crippen LogP contribution in [0.4, 0.5) is 0 Å². The van der Waals surface area contributed by atoms with Crippen LogP contribution < -0.4 is 5.43 Å². The average molecular weight is 502 g/mol. The molecule has 3 aromatic carbocycles. The zero-order chi connectivity index (χ0) is 23.8. The first kappa shape index (κ1) is 25.0. The molecule has 0 atom stereocenters. The van der Waals surface area contributed by atoms with Crippen LogP contribution in [0.1, 0.15) is 16.7 Å². The summed E-state index contributed by atoms with van der Waals surface area (Å²) in [6, 6.07) is 21.0. The molecule has 9 heteroatoms. The Balaban J connectivity index is 1.77. The minimum atomic E-state index is -3.95. The lowest BCUT2D eigenvalue weighted by Gasteiger charge is -2.21. The van der Waals surface area contributed by atoms with Gasteiger partial charge in [-0.2, -0.15) is 9.41 Å². The first-order chi connectivity index (χ1) is 15.8. The number of amides is 1. The van der Waals surface area contributed by atoms with E-state index in [-0.39, 0.29) is 18.0 Å². The lowest BCUT2D eigenvalue weighted by atomic mass is 10.1. The van der Waals surface area contributed by atoms with Gasteiger partial charge in [0.15, 0.2) is 0 Å². The summed E-state index contributed by atoms with van der Waals surface area (Å²) in [7, 11) is -3.95. The molecule has 0 saturated heterocycles. The molecule has 0 aliphatic heterocycles. The van der Waals surface area contributed by atoms with Crippen molar-refractivity contribution in [3.05, 3.63) is 94.5 Å². The number of rotatable bonds is 9. The van der Waals surface area contributed by atoms with E-state index in [9.17, 15) is 13.2 Å². The molecule has 33 heavy (non-hydrogen) atoms. The number of halogens is 1. The Morgan fingerprint density at radius 3 is 2.42 bits per heavy atom. The van der Waals surface area contributed by atoms with Gasteiger partial charge in [-0.25, -0.2) is 13.8 Å². The van der Waals surface area contributed by atoms with Crippen LogP contribution in [-0.4, -0.2) is 37.6 Å². The summed E-state index contributed by atoms with van der Waals surface area (Å²) in [5.74, 6) is -0.544. The molecule has 0 unspecified atom stereocenters. The number of hydrazone groups is 1. The number of nitrogens with zero attached hydrogens (tertiary/aromatic N) is 2. The van der Waals surface area contributed by atoms with Crippen LogP contribution in [-0.2, 0) is 21.4 Å². The highest BCUT2D eigenvalue weighted by Gasteiger charge is 2.27. The zero-order valence-corrected chi connectivity index (χ0v) is 20.6. The average Bonchev–Trinajstić information content (AvgIpc) is 2.79. The summed E-state index contributed by atoms with van der Waals surface area (Å²) in [5.41, 5.74) is 5.01. The number of carbonyl (C=O) groups excluding carboxylic acids is 1. The molecule has 1 amide bonds. The fourth-order valence-electron chi connectivity index (χ4n) is 3.06. The predicted octanol–water partition coefficient (Wildman–Crippen LogP) is 4.71. The summed E-state index contributed by atoms with van der Waals surface area (Å²) < 4.78 is 27.7. The standard InChI is InChI=1S/C24H24ClN3O3S2/c1-18-4-3-5-20(14-18)16-28(33(30,31)23-12-8-21(25)9-13-23)17-24(29)27-26-15-19-6-10-22(32-2)11-7-19/h3-15H,16-17H2,1-2H3,(H,27,29)/b26-15-. The molecule has 0 aliphatic rings. The molecular weight excluding hydrogens is 478 g/mol. The van der Waals surface area contributed by atoms with Crippen molar-refractivity contribution in [2.45, 2.75) is 23.3 Å². The first-order valence-electron chi connectivity index (χ1n) is 10.0. The van der Waals surface area contributed by atoms with Gasteiger partial charge >= 0.3 is 0 Å². The highest BCUT2D eigenvalue weighted by Crippen LogP contribution is 2.21. The van der Waals surface area contributed by atoms with E-state index in [0.29, 0.717) is 5.02 Å². The van der Waals surface area contributed by atoms with E-state index in [1.165, 1.54) is 30.5 Å². The molecular formula is C24H24ClN3O3S2. The number of carbonyl (C=O) groups is 1. The molecule has 0 aliphatic carbocycles. The van der Waals surface area contributed by atoms with Gasteiger partial charge in [0.1, 0.15) is 0 Å². The third-order valence-corrected chi connectivity index (χ3v) is 7.53. The van der Waals surface area contributed by atoms with E-state index in [1.807, 2.05) is 61.7 Å². The lowest BCUT2D eigenvalue weighted by molar-refractivity contribution is -0.121. The van der Waals surface area contributed by atoms with Gasteiger partial charge < -0.3 is 0 Å². The summed E-state index contributed by atoms with van der Waals surface area (Å²) in [6.07, 6.45) is 3.50. The third-order valence-electron chi connectivity index (χ3n) is 4.73. The number of nitrogens with one attached hydrogen (secondary N) is 1. The molecule has 172 valence electrons. The number of benzene rings is 3. The normalized spacial score (nSPS) is 11.8. The van der Waals surface area contributed by atoms with Crippen molar-refractivity contribution in [3.8, 4) is 0 Å². The molecule has 3 rings (SSSR count). The van der Waals surface area contributed by atoms with Crippen molar-refractivity contribution in [2.24, 2.45) is 5.10 Å². The van der Waals surface area contributed by atoms with E-state index in [2.05, 4.69) is 10.5 Å². The molecule has 6 nitrogen and oxygen atoms in total. The second-order valence-corrected chi connectivity index (χ2v) is 10.5. The Morgan fingerprint density at radius 2 is 1.79 bits per heavy atom. The Hall–Kier alpha value is -2.65. The van der Waals surface area contributed by atoms with Gasteiger partial charge in [0.05, 0.1) is 17.7 Å². The van der Waals surface area contributed by atoms with E-state index in [0.717, 1.165) is 25.9 Å². The van der Waals surface area contributed by atoms with E-state index < -0.39 is 15.9 Å². The SMILES string of the molecule is CSc1ccc(/C=N\NC(=O)CN(Cc2cccc(C)c2)S(=O)(=O)c2ccc(Cl)cc2)cc1. The molecule has 1 N–H and O–H groups in total. The highest BCUT2D eigenvalue weighted by molar-refractivity contribution is 7.98. The summed E-state index contributed by atoms with van der Waals surface area (Å²) in [5, 5.41) is 4.39. The lowest BCUT2D eigenvalue weighted by Crippen LogP contribution is -2.39. The quantitative estimate of drug-likeness (QED) is 0.261. The van der Waals surface area contributed by atoms with Gasteiger partial charge in [0.25, 0.3) is 5.91 Å². The monoisotopic (exact) mass is 501 g/mol. The van der Waals surface area contributed by atoms with Gasteiger partial charge in [0, 0.05) is 16.5 Å². The Labute approximate surface area is 203 Å². The van der Waals surface area contributed by atoms with E-state index >= 15 is 0 Å². The van der Waals surface area contributed by atoms with Crippen LogP contribution in [0.3, 0.4) is 0 Å². The van der Waals surface area contributed by atoms with Crippen LogP contribution >= 0.6 is 23.4 Å². The number of sulfonamides is 1. The first-order valence-corrected chi connectivity index (χ1v) is 13.1. The molecule has 0 heterocycles. The van der Waals surface area contributed by atoms with Crippen LogP contribution in [0.2, 0.25) is 5.02 Å². The van der Waals surface area contributed by atoms with Crippen LogP contribution in [0, 0.1) is 6.92 Å². The van der Waals surface area contributed by atoms with Crippen LogP contribution in [0.5, 0.6) is 0 Å². The van der Waals surface area contributed by atoms with Gasteiger partial charge in [-0.05, 0) is 60.7 Å². The smallest absolute Gasteiger partial charge is 0.255 e. The molecule has 3 aromatic rings. The summed E-state index contributed by atoms with van der Waals surface area (Å²) in [6.45, 7) is 1.58. The molecule has 0 fully saturated rings. The van der Waals surface area contributed by atoms with Crippen LogP contribution in [0.15, 0.2) is 87.7 Å². The molecule has 0 saturated carbocycles. The van der Waals surface area contributed by atoms with Crippen LogP contribution in [0.25, 0.3) is 0 Å². The van der Waals surface area contributed by atoms with E-state index in [1.54, 1.807) is 11.8 Å². The fraction of sp³-hybridized carbons (Fsp3) is 0.167. The molecule has 0 radical (unpaired) electrons. The van der Waals surface area contributed by atoms with Crippen molar-refractivity contribution in [1.82, 2.24) is 9.73 Å². The highest BCUT2D eigenvalue weighted by atomic mass is 35.5. The topological polar surface area (TPSA) is 78.8 Å². The van der Waals surface area contributed by atoms with Crippen molar-refractivity contribution >= 4 is 45.5 Å². The van der Waals surface area contributed by atoms with Gasteiger partial charge in [-0.1, -0.05) is 53.6 Å². The van der Waals surface area contributed by atoms with Crippen molar-refractivity contribution in [3.63, 3.8) is 0 Å². The van der Waals surface area contributed by atoms with Gasteiger partial charge in [0.2, 0.25) is 10.0 Å². The number of hydrogen-bond acceptors (Lipinski definition) is 5. The summed E-state index contributed by atoms with van der Waals surface area (Å²) in [4.78, 5) is 13.8. The van der Waals surface area contributed by atoms with Crippen molar-refractivity contribution in [1.29, 1.82) is 0 Å². The fourth-order valence-corrected chi connectivity index (χ4v) is 4.98. The molecule has 0 aromatic heterocycles. The predicted molar refractivity (Wildman–Crippen MR) is 134 cm³/mol. The maximum absolute atomic E-state index is 13.3. The molecule has 0 spiro atoms. The second-order valence-electron chi connectivity index (χ2n) is 7.28. The summed E-state index contributed by atoms with van der Waals surface area (Å²) >= 11 is 7.54. The Bertz CT molecular complexity index is 1230. The van der Waals surface area contributed by atoms with Crippen molar-refractivity contribution in [2.75, 3.05) is 12.8 Å². The molecule has 0 bridgehead atoms. The number of hydrogen-bond donors (Lipinski definition) is 1. The Kier molecular flexibility index (Phi) is 8.68. The number of thioether (sulfide) groups is 1. The zero-order valence-electron chi connectivity index (χ0n) is 18.2. The third kappa shape index (κ3) is 7.17. The van der Waals surface area contributed by atoms with Gasteiger partial charge in [-0.15, -0.1) is 11.8 Å². The minimum absolute atomic E-state index is 0.0416. The van der Waals surface area contributed by atoms with Gasteiger partial charge in [-0.3, -0.25) is 4.79 Å². The number of aryl methyl sites for hydroxylation is 1. The van der Waals surface area contributed by atoms with E-state index in [4.69, 9.17) is 11.6 Å². The van der Waals surface area contributed by atoms with Crippen molar-refractivity contribution < 1.29 is 13.2 Å². The maximum Gasteiger partial charge on any atom is 0.255 e. The Morgan fingerprint density at radius 1 is 1.09 bits per heavy atom. The largest absolute Gasteiger partial charge is 0.272 e.